The molecule has 1 heterocycles. The largest absolute Gasteiger partial charge is 0.457 e. The van der Waals surface area contributed by atoms with E-state index in [0.29, 0.717) is 21.4 Å². The fourth-order valence-corrected chi connectivity index (χ4v) is 1.59. The Bertz CT molecular complexity index is 409. The van der Waals surface area contributed by atoms with E-state index in [9.17, 15) is 0 Å². The molecule has 1 N–H and O–H groups in total. The first kappa shape index (κ1) is 8.88. The van der Waals surface area contributed by atoms with Crippen LogP contribution in [-0.2, 0) is 6.61 Å². The predicted octanol–water partition coefficient (Wildman–Crippen LogP) is 3.23. The van der Waals surface area contributed by atoms with Crippen molar-refractivity contribution in [2.24, 2.45) is 0 Å². The topological polar surface area (TPSA) is 33.4 Å². The van der Waals surface area contributed by atoms with Gasteiger partial charge in [0.25, 0.3) is 0 Å². The van der Waals surface area contributed by atoms with Crippen molar-refractivity contribution in [1.29, 1.82) is 0 Å². The van der Waals surface area contributed by atoms with E-state index in [1.165, 1.54) is 0 Å². The zero-order valence-corrected chi connectivity index (χ0v) is 8.06. The minimum atomic E-state index is -0.151. The fourth-order valence-electron chi connectivity index (χ4n) is 1.19. The number of halogens is 2. The molecule has 0 aliphatic heterocycles. The maximum Gasteiger partial charge on any atom is 0.154 e. The highest BCUT2D eigenvalue weighted by molar-refractivity contribution is 6.39. The summed E-state index contributed by atoms with van der Waals surface area (Å²) in [5, 5.41) is 10.6. The molecule has 4 heteroatoms. The average Bonchev–Trinajstić information content (AvgIpc) is 2.56. The lowest BCUT2D eigenvalue weighted by Crippen LogP contribution is -1.72. The molecule has 0 radical (unpaired) electrons. The Kier molecular flexibility index (Phi) is 2.20. The van der Waals surface area contributed by atoms with Crippen molar-refractivity contribution in [1.82, 2.24) is 0 Å². The van der Waals surface area contributed by atoms with Gasteiger partial charge in [-0.15, -0.1) is 0 Å². The number of fused-ring (bicyclic) bond motifs is 1. The number of hydrogen-bond donors (Lipinski definition) is 1. The van der Waals surface area contributed by atoms with Gasteiger partial charge in [-0.3, -0.25) is 0 Å². The predicted molar refractivity (Wildman–Crippen MR) is 52.2 cm³/mol. The van der Waals surface area contributed by atoms with Gasteiger partial charge in [-0.25, -0.2) is 0 Å². The van der Waals surface area contributed by atoms with E-state index in [1.807, 2.05) is 0 Å². The van der Waals surface area contributed by atoms with Crippen LogP contribution in [0, 0.1) is 0 Å². The van der Waals surface area contributed by atoms with Crippen molar-refractivity contribution in [3.8, 4) is 0 Å². The summed E-state index contributed by atoms with van der Waals surface area (Å²) in [5.74, 6) is 0.463. The Hall–Kier alpha value is -0.700. The molecule has 0 amide bonds. The third kappa shape index (κ3) is 1.41. The standard InChI is InChI=1S/C9H6Cl2O2/c10-7-1-2-8(11)9-6(7)3-5(4-12)13-9/h1-3,12H,4H2. The lowest BCUT2D eigenvalue weighted by Gasteiger charge is -1.93. The van der Waals surface area contributed by atoms with Crippen LogP contribution in [0.15, 0.2) is 22.6 Å². The van der Waals surface area contributed by atoms with E-state index < -0.39 is 0 Å². The minimum Gasteiger partial charge on any atom is -0.457 e. The van der Waals surface area contributed by atoms with Gasteiger partial charge < -0.3 is 9.52 Å². The second-order valence-electron chi connectivity index (χ2n) is 2.64. The number of furan rings is 1. The van der Waals surface area contributed by atoms with Gasteiger partial charge in [0.05, 0.1) is 10.0 Å². The molecule has 0 unspecified atom stereocenters. The number of benzene rings is 1. The maximum atomic E-state index is 8.84. The molecule has 0 atom stereocenters. The van der Waals surface area contributed by atoms with Crippen molar-refractivity contribution in [3.05, 3.63) is 34.0 Å². The summed E-state index contributed by atoms with van der Waals surface area (Å²) in [6.45, 7) is -0.151. The summed E-state index contributed by atoms with van der Waals surface area (Å²) in [5.41, 5.74) is 0.526. The molecule has 0 fully saturated rings. The van der Waals surface area contributed by atoms with E-state index in [-0.39, 0.29) is 6.61 Å². The van der Waals surface area contributed by atoms with Gasteiger partial charge in [-0.05, 0) is 18.2 Å². The van der Waals surface area contributed by atoms with Crippen molar-refractivity contribution in [3.63, 3.8) is 0 Å². The molecule has 1 aromatic carbocycles. The molecule has 2 rings (SSSR count). The number of rotatable bonds is 1. The van der Waals surface area contributed by atoms with E-state index in [2.05, 4.69) is 0 Å². The maximum absolute atomic E-state index is 8.84. The smallest absolute Gasteiger partial charge is 0.154 e. The van der Waals surface area contributed by atoms with Crippen LogP contribution < -0.4 is 0 Å². The minimum absolute atomic E-state index is 0.151. The molecule has 2 nitrogen and oxygen atoms in total. The molecule has 0 spiro atoms. The molecule has 0 bridgehead atoms. The molecule has 0 aliphatic carbocycles. The third-order valence-corrected chi connectivity index (χ3v) is 2.42. The zero-order valence-electron chi connectivity index (χ0n) is 6.55. The molecular formula is C9H6Cl2O2. The van der Waals surface area contributed by atoms with E-state index in [0.717, 1.165) is 5.39 Å². The van der Waals surface area contributed by atoms with Crippen LogP contribution in [0.2, 0.25) is 10.0 Å². The molecule has 2 aromatic rings. The van der Waals surface area contributed by atoms with Crippen LogP contribution in [0.3, 0.4) is 0 Å². The molecule has 0 saturated carbocycles. The van der Waals surface area contributed by atoms with E-state index in [4.69, 9.17) is 32.7 Å². The van der Waals surface area contributed by atoms with Crippen molar-refractivity contribution >= 4 is 34.2 Å². The van der Waals surface area contributed by atoms with Crippen molar-refractivity contribution in [2.45, 2.75) is 6.61 Å². The van der Waals surface area contributed by atoms with Crippen molar-refractivity contribution < 1.29 is 9.52 Å². The SMILES string of the molecule is OCc1cc2c(Cl)ccc(Cl)c2o1. The van der Waals surface area contributed by atoms with E-state index >= 15 is 0 Å². The Morgan fingerprint density at radius 1 is 1.23 bits per heavy atom. The second kappa shape index (κ2) is 3.22. The second-order valence-corrected chi connectivity index (χ2v) is 3.46. The molecule has 0 saturated heterocycles. The monoisotopic (exact) mass is 216 g/mol. The van der Waals surface area contributed by atoms with Gasteiger partial charge in [0.15, 0.2) is 5.58 Å². The summed E-state index contributed by atoms with van der Waals surface area (Å²) >= 11 is 11.8. The normalized spacial score (nSPS) is 11.0. The lowest BCUT2D eigenvalue weighted by molar-refractivity contribution is 0.251. The summed E-state index contributed by atoms with van der Waals surface area (Å²) in [4.78, 5) is 0. The van der Waals surface area contributed by atoms with Gasteiger partial charge in [0.2, 0.25) is 0 Å². The number of hydrogen-bond acceptors (Lipinski definition) is 2. The Labute approximate surface area is 84.7 Å². The van der Waals surface area contributed by atoms with Gasteiger partial charge in [0, 0.05) is 5.39 Å². The molecule has 13 heavy (non-hydrogen) atoms. The van der Waals surface area contributed by atoms with Gasteiger partial charge in [-0.1, -0.05) is 23.2 Å². The highest BCUT2D eigenvalue weighted by Gasteiger charge is 2.09. The summed E-state index contributed by atoms with van der Waals surface area (Å²) < 4.78 is 5.26. The fraction of sp³-hybridized carbons (Fsp3) is 0.111. The van der Waals surface area contributed by atoms with Crippen LogP contribution in [0.5, 0.6) is 0 Å². The highest BCUT2D eigenvalue weighted by atomic mass is 35.5. The van der Waals surface area contributed by atoms with Crippen molar-refractivity contribution in [2.75, 3.05) is 0 Å². The van der Waals surface area contributed by atoms with E-state index in [1.54, 1.807) is 18.2 Å². The van der Waals surface area contributed by atoms with Crippen LogP contribution in [-0.4, -0.2) is 5.11 Å². The summed E-state index contributed by atoms with van der Waals surface area (Å²) in [7, 11) is 0. The highest BCUT2D eigenvalue weighted by Crippen LogP contribution is 2.32. The summed E-state index contributed by atoms with van der Waals surface area (Å²) in [6, 6.07) is 5.04. The first-order valence-electron chi connectivity index (χ1n) is 3.69. The summed E-state index contributed by atoms with van der Waals surface area (Å²) in [6.07, 6.45) is 0. The van der Waals surface area contributed by atoms with Crippen LogP contribution in [0.1, 0.15) is 5.76 Å². The first-order chi connectivity index (χ1) is 6.22. The number of aliphatic hydroxyl groups excluding tert-OH is 1. The van der Waals surface area contributed by atoms with Crippen LogP contribution in [0.25, 0.3) is 11.0 Å². The Morgan fingerprint density at radius 3 is 2.54 bits per heavy atom. The molecule has 1 aromatic heterocycles. The van der Waals surface area contributed by atoms with Gasteiger partial charge in [0.1, 0.15) is 12.4 Å². The quantitative estimate of drug-likeness (QED) is 0.795. The number of aliphatic hydroxyl groups is 1. The molecule has 68 valence electrons. The first-order valence-corrected chi connectivity index (χ1v) is 4.45. The zero-order chi connectivity index (χ0) is 9.42. The van der Waals surface area contributed by atoms with Gasteiger partial charge in [-0.2, -0.15) is 0 Å². The lowest BCUT2D eigenvalue weighted by atomic mass is 10.2. The molecule has 0 aliphatic rings. The Balaban J connectivity index is 2.80. The third-order valence-electron chi connectivity index (χ3n) is 1.79. The van der Waals surface area contributed by atoms with Crippen LogP contribution in [0.4, 0.5) is 0 Å². The van der Waals surface area contributed by atoms with Gasteiger partial charge >= 0.3 is 0 Å². The Morgan fingerprint density at radius 2 is 1.92 bits per heavy atom. The molecular weight excluding hydrogens is 211 g/mol. The van der Waals surface area contributed by atoms with Crippen LogP contribution >= 0.6 is 23.2 Å². The average molecular weight is 217 g/mol.